The molecular weight excluding hydrogens is 324 g/mol. The first-order chi connectivity index (χ1) is 11.5. The molecule has 0 saturated heterocycles. The molecule has 0 aliphatic carbocycles. The van der Waals surface area contributed by atoms with E-state index in [4.69, 9.17) is 4.74 Å². The largest absolute Gasteiger partial charge is 0.464 e. The van der Waals surface area contributed by atoms with Crippen molar-refractivity contribution in [2.75, 3.05) is 12.4 Å². The van der Waals surface area contributed by atoms with Crippen LogP contribution in [0.25, 0.3) is 10.2 Å². The minimum Gasteiger partial charge on any atom is -0.464 e. The Morgan fingerprint density at radius 2 is 1.92 bits per heavy atom. The van der Waals surface area contributed by atoms with Crippen LogP contribution in [0.5, 0.6) is 0 Å². The summed E-state index contributed by atoms with van der Waals surface area (Å²) in [6.07, 6.45) is 0. The van der Waals surface area contributed by atoms with E-state index < -0.39 is 5.97 Å². The van der Waals surface area contributed by atoms with Gasteiger partial charge in [-0.1, -0.05) is 18.2 Å². The van der Waals surface area contributed by atoms with Crippen molar-refractivity contribution in [3.63, 3.8) is 0 Å². The van der Waals surface area contributed by atoms with Crippen LogP contribution in [0.15, 0.2) is 35.7 Å². The zero-order chi connectivity index (χ0) is 17.3. The smallest absolute Gasteiger partial charge is 0.354 e. The molecule has 0 fully saturated rings. The van der Waals surface area contributed by atoms with Gasteiger partial charge in [-0.2, -0.15) is 0 Å². The van der Waals surface area contributed by atoms with E-state index in [1.54, 1.807) is 10.6 Å². The molecule has 3 rings (SSSR count). The average molecular weight is 342 g/mol. The Bertz CT molecular complexity index is 903. The number of carbonyl (C=O) groups excluding carboxylic acids is 2. The van der Waals surface area contributed by atoms with Gasteiger partial charge in [0.2, 0.25) is 5.91 Å². The van der Waals surface area contributed by atoms with Gasteiger partial charge < -0.3 is 14.6 Å². The number of ether oxygens (including phenoxy) is 1. The van der Waals surface area contributed by atoms with Crippen LogP contribution in [0, 0.1) is 13.8 Å². The zero-order valence-corrected chi connectivity index (χ0v) is 14.6. The summed E-state index contributed by atoms with van der Waals surface area (Å²) >= 11 is 1.49. The normalized spacial score (nSPS) is 10.8. The molecule has 0 spiro atoms. The summed E-state index contributed by atoms with van der Waals surface area (Å²) in [6, 6.07) is 9.54. The summed E-state index contributed by atoms with van der Waals surface area (Å²) in [5, 5.41) is 5.82. The second-order valence-electron chi connectivity index (χ2n) is 5.60. The van der Waals surface area contributed by atoms with Crippen molar-refractivity contribution >= 4 is 39.1 Å². The molecule has 2 heterocycles. The highest BCUT2D eigenvalue weighted by Crippen LogP contribution is 2.26. The van der Waals surface area contributed by atoms with Crippen molar-refractivity contribution in [1.82, 2.24) is 4.57 Å². The first-order valence-corrected chi connectivity index (χ1v) is 8.40. The Labute approximate surface area is 143 Å². The van der Waals surface area contributed by atoms with Gasteiger partial charge in [-0.15, -0.1) is 11.3 Å². The lowest BCUT2D eigenvalue weighted by molar-refractivity contribution is -0.116. The van der Waals surface area contributed by atoms with Crippen molar-refractivity contribution in [3.05, 3.63) is 52.5 Å². The van der Waals surface area contributed by atoms with Gasteiger partial charge in [0.15, 0.2) is 0 Å². The molecule has 124 valence electrons. The van der Waals surface area contributed by atoms with Crippen LogP contribution in [0.2, 0.25) is 0 Å². The van der Waals surface area contributed by atoms with Crippen molar-refractivity contribution in [1.29, 1.82) is 0 Å². The van der Waals surface area contributed by atoms with Gasteiger partial charge in [-0.3, -0.25) is 4.79 Å². The van der Waals surface area contributed by atoms with E-state index in [0.29, 0.717) is 5.69 Å². The molecule has 0 saturated carbocycles. The second kappa shape index (κ2) is 6.49. The topological polar surface area (TPSA) is 60.3 Å². The minimum atomic E-state index is -0.446. The van der Waals surface area contributed by atoms with E-state index in [0.717, 1.165) is 27.0 Å². The number of benzene rings is 1. The van der Waals surface area contributed by atoms with Crippen LogP contribution in [0.1, 0.15) is 21.6 Å². The van der Waals surface area contributed by atoms with Gasteiger partial charge in [0.25, 0.3) is 0 Å². The standard InChI is InChI=1S/C18H18N2O3S/c1-11-5-4-6-12(2)16(11)19-15(21)10-20-14(18(22)23-3)9-13-7-8-24-17(13)20/h4-9H,10H2,1-3H3,(H,19,21). The van der Waals surface area contributed by atoms with E-state index in [9.17, 15) is 9.59 Å². The minimum absolute atomic E-state index is 0.0578. The molecule has 6 heteroatoms. The number of hydrogen-bond donors (Lipinski definition) is 1. The van der Waals surface area contributed by atoms with Gasteiger partial charge in [-0.05, 0) is 42.5 Å². The Hall–Kier alpha value is -2.60. The third-order valence-corrected chi connectivity index (χ3v) is 4.90. The maximum absolute atomic E-state index is 12.5. The first-order valence-electron chi connectivity index (χ1n) is 7.52. The van der Waals surface area contributed by atoms with Crippen molar-refractivity contribution in [2.45, 2.75) is 20.4 Å². The quantitative estimate of drug-likeness (QED) is 0.735. The number of nitrogens with one attached hydrogen (secondary N) is 1. The third-order valence-electron chi connectivity index (χ3n) is 3.94. The lowest BCUT2D eigenvalue weighted by atomic mass is 10.1. The van der Waals surface area contributed by atoms with Crippen molar-refractivity contribution < 1.29 is 14.3 Å². The maximum atomic E-state index is 12.5. The number of amides is 1. The van der Waals surface area contributed by atoms with E-state index in [1.165, 1.54) is 18.4 Å². The van der Waals surface area contributed by atoms with Crippen LogP contribution >= 0.6 is 11.3 Å². The van der Waals surface area contributed by atoms with Gasteiger partial charge in [-0.25, -0.2) is 4.79 Å². The number of esters is 1. The van der Waals surface area contributed by atoms with Crippen LogP contribution in [-0.2, 0) is 16.1 Å². The van der Waals surface area contributed by atoms with Gasteiger partial charge in [0, 0.05) is 11.1 Å². The van der Waals surface area contributed by atoms with Crippen molar-refractivity contribution in [2.24, 2.45) is 0 Å². The van der Waals surface area contributed by atoms with Crippen molar-refractivity contribution in [3.8, 4) is 0 Å². The molecule has 1 aromatic carbocycles. The molecule has 5 nitrogen and oxygen atoms in total. The molecule has 2 aromatic heterocycles. The monoisotopic (exact) mass is 342 g/mol. The van der Waals surface area contributed by atoms with Gasteiger partial charge in [0.05, 0.1) is 7.11 Å². The SMILES string of the molecule is COC(=O)c1cc2ccsc2n1CC(=O)Nc1c(C)cccc1C. The first kappa shape index (κ1) is 16.3. The Kier molecular flexibility index (Phi) is 4.40. The molecule has 0 atom stereocenters. The highest BCUT2D eigenvalue weighted by molar-refractivity contribution is 7.16. The van der Waals surface area contributed by atoms with Gasteiger partial charge in [0.1, 0.15) is 17.1 Å². The predicted molar refractivity (Wildman–Crippen MR) is 95.7 cm³/mol. The number of aromatic nitrogens is 1. The molecule has 3 aromatic rings. The number of carbonyl (C=O) groups is 2. The Morgan fingerprint density at radius 3 is 2.58 bits per heavy atom. The van der Waals surface area contributed by atoms with E-state index in [2.05, 4.69) is 5.32 Å². The summed E-state index contributed by atoms with van der Waals surface area (Å²) < 4.78 is 6.53. The summed E-state index contributed by atoms with van der Waals surface area (Å²) in [6.45, 7) is 3.97. The second-order valence-corrected chi connectivity index (χ2v) is 6.50. The summed E-state index contributed by atoms with van der Waals surface area (Å²) in [4.78, 5) is 25.4. The number of aryl methyl sites for hydroxylation is 2. The Morgan fingerprint density at radius 1 is 1.21 bits per heavy atom. The number of fused-ring (bicyclic) bond motifs is 1. The molecule has 0 bridgehead atoms. The zero-order valence-electron chi connectivity index (χ0n) is 13.8. The van der Waals surface area contributed by atoms with E-state index in [-0.39, 0.29) is 12.5 Å². The fourth-order valence-corrected chi connectivity index (χ4v) is 3.64. The number of anilines is 1. The highest BCUT2D eigenvalue weighted by atomic mass is 32.1. The molecule has 0 aliphatic heterocycles. The molecule has 0 radical (unpaired) electrons. The van der Waals surface area contributed by atoms with Crippen LogP contribution in [0.3, 0.4) is 0 Å². The van der Waals surface area contributed by atoms with E-state index >= 15 is 0 Å². The fraction of sp³-hybridized carbons (Fsp3) is 0.222. The average Bonchev–Trinajstić information content (AvgIpc) is 3.13. The molecule has 1 amide bonds. The molecular formula is C18H18N2O3S. The predicted octanol–water partition coefficient (Wildman–Crippen LogP) is 3.74. The lowest BCUT2D eigenvalue weighted by Gasteiger charge is -2.13. The molecule has 0 aliphatic rings. The number of thiophene rings is 1. The maximum Gasteiger partial charge on any atom is 0.354 e. The Balaban J connectivity index is 1.90. The summed E-state index contributed by atoms with van der Waals surface area (Å²) in [5.74, 6) is -0.623. The summed E-state index contributed by atoms with van der Waals surface area (Å²) in [5.41, 5.74) is 3.21. The molecule has 24 heavy (non-hydrogen) atoms. The third kappa shape index (κ3) is 2.92. The molecule has 0 unspecified atom stereocenters. The number of methoxy groups -OCH3 is 1. The van der Waals surface area contributed by atoms with Gasteiger partial charge >= 0.3 is 5.97 Å². The number of rotatable bonds is 4. The highest BCUT2D eigenvalue weighted by Gasteiger charge is 2.19. The van der Waals surface area contributed by atoms with Crippen LogP contribution in [-0.4, -0.2) is 23.6 Å². The van der Waals surface area contributed by atoms with E-state index in [1.807, 2.05) is 43.5 Å². The van der Waals surface area contributed by atoms with Crippen LogP contribution < -0.4 is 5.32 Å². The summed E-state index contributed by atoms with van der Waals surface area (Å²) in [7, 11) is 1.34. The number of hydrogen-bond acceptors (Lipinski definition) is 4. The van der Waals surface area contributed by atoms with Crippen LogP contribution in [0.4, 0.5) is 5.69 Å². The number of nitrogens with zero attached hydrogens (tertiary/aromatic N) is 1. The lowest BCUT2D eigenvalue weighted by Crippen LogP contribution is -2.22. The molecule has 1 N–H and O–H groups in total. The fourth-order valence-electron chi connectivity index (χ4n) is 2.74. The number of para-hydroxylation sites is 1.